The summed E-state index contributed by atoms with van der Waals surface area (Å²) >= 11 is 0. The Hall–Kier alpha value is -0.120. The number of hydrogen-bond donors (Lipinski definition) is 2. The van der Waals surface area contributed by atoms with Gasteiger partial charge in [-0.15, -0.1) is 0 Å². The largest absolute Gasteiger partial charge is 0.395 e. The van der Waals surface area contributed by atoms with E-state index in [-0.39, 0.29) is 12.6 Å². The van der Waals surface area contributed by atoms with Gasteiger partial charge >= 0.3 is 0 Å². The first-order valence-corrected chi connectivity index (χ1v) is 4.27. The van der Waals surface area contributed by atoms with Gasteiger partial charge in [-0.1, -0.05) is 0 Å². The van der Waals surface area contributed by atoms with Crippen molar-refractivity contribution in [1.29, 1.82) is 0 Å². The van der Waals surface area contributed by atoms with Gasteiger partial charge in [-0.3, -0.25) is 0 Å². The molecular weight excluding hydrogens is 142 g/mol. The molecule has 2 N–H and O–H groups in total. The van der Waals surface area contributed by atoms with Crippen molar-refractivity contribution in [3.63, 3.8) is 0 Å². The minimum atomic E-state index is 0.220. The highest BCUT2D eigenvalue weighted by Crippen LogP contribution is 2.06. The van der Waals surface area contributed by atoms with Gasteiger partial charge in [0, 0.05) is 25.3 Å². The van der Waals surface area contributed by atoms with Crippen LogP contribution in [0.3, 0.4) is 0 Å². The molecule has 1 atom stereocenters. The molecule has 1 rings (SSSR count). The zero-order chi connectivity index (χ0) is 8.10. The van der Waals surface area contributed by atoms with E-state index in [1.807, 2.05) is 6.92 Å². The summed E-state index contributed by atoms with van der Waals surface area (Å²) in [7, 11) is 0. The van der Waals surface area contributed by atoms with Crippen molar-refractivity contribution in [2.45, 2.75) is 31.8 Å². The molecule has 0 radical (unpaired) electrons. The molecule has 1 heterocycles. The summed E-state index contributed by atoms with van der Waals surface area (Å²) in [5.74, 6) is 0. The van der Waals surface area contributed by atoms with Gasteiger partial charge in [0.15, 0.2) is 0 Å². The zero-order valence-corrected chi connectivity index (χ0v) is 7.05. The fourth-order valence-corrected chi connectivity index (χ4v) is 1.32. The lowest BCUT2D eigenvalue weighted by atomic mass is 10.1. The maximum absolute atomic E-state index is 8.77. The van der Waals surface area contributed by atoms with Gasteiger partial charge in [0.2, 0.25) is 0 Å². The highest BCUT2D eigenvalue weighted by atomic mass is 16.5. The Labute approximate surface area is 67.7 Å². The molecular formula is C8H17NO2. The fraction of sp³-hybridized carbons (Fsp3) is 1.00. The minimum Gasteiger partial charge on any atom is -0.395 e. The van der Waals surface area contributed by atoms with Crippen LogP contribution in [0.1, 0.15) is 19.8 Å². The van der Waals surface area contributed by atoms with Crippen LogP contribution in [0.15, 0.2) is 0 Å². The van der Waals surface area contributed by atoms with Crippen molar-refractivity contribution in [2.24, 2.45) is 0 Å². The molecule has 0 aliphatic carbocycles. The smallest absolute Gasteiger partial charge is 0.0582 e. The number of aliphatic hydroxyl groups excluding tert-OH is 1. The summed E-state index contributed by atoms with van der Waals surface area (Å²) in [5, 5.41) is 12.1. The lowest BCUT2D eigenvalue weighted by molar-refractivity contribution is 0.0725. The monoisotopic (exact) mass is 159 g/mol. The fourth-order valence-electron chi connectivity index (χ4n) is 1.32. The summed E-state index contributed by atoms with van der Waals surface area (Å²) in [6.07, 6.45) is 2.15. The predicted octanol–water partition coefficient (Wildman–Crippen LogP) is 0.136. The van der Waals surface area contributed by atoms with Gasteiger partial charge in [0.25, 0.3) is 0 Å². The number of hydrogen-bond acceptors (Lipinski definition) is 3. The maximum Gasteiger partial charge on any atom is 0.0582 e. The number of nitrogens with one attached hydrogen (secondary N) is 1. The van der Waals surface area contributed by atoms with Crippen molar-refractivity contribution >= 4 is 0 Å². The van der Waals surface area contributed by atoms with E-state index in [1.54, 1.807) is 0 Å². The Kier molecular flexibility index (Phi) is 3.83. The quantitative estimate of drug-likeness (QED) is 0.615. The van der Waals surface area contributed by atoms with E-state index in [9.17, 15) is 0 Å². The van der Waals surface area contributed by atoms with Crippen molar-refractivity contribution in [1.82, 2.24) is 5.32 Å². The Morgan fingerprint density at radius 1 is 1.55 bits per heavy atom. The number of ether oxygens (including phenoxy) is 1. The molecule has 11 heavy (non-hydrogen) atoms. The van der Waals surface area contributed by atoms with Gasteiger partial charge in [0.05, 0.1) is 6.61 Å². The summed E-state index contributed by atoms with van der Waals surface area (Å²) in [4.78, 5) is 0. The van der Waals surface area contributed by atoms with E-state index in [0.29, 0.717) is 6.04 Å². The Morgan fingerprint density at radius 2 is 2.18 bits per heavy atom. The molecule has 1 unspecified atom stereocenters. The second kappa shape index (κ2) is 4.70. The Balaban J connectivity index is 2.13. The van der Waals surface area contributed by atoms with Gasteiger partial charge in [-0.2, -0.15) is 0 Å². The molecule has 1 saturated heterocycles. The van der Waals surface area contributed by atoms with E-state index in [2.05, 4.69) is 5.32 Å². The molecule has 0 aromatic carbocycles. The molecule has 0 aromatic rings. The standard InChI is InChI=1S/C8H17NO2/c1-7(6-10)9-8-2-4-11-5-3-8/h7-10H,2-6H2,1H3. The van der Waals surface area contributed by atoms with Crippen LogP contribution in [-0.4, -0.2) is 37.0 Å². The third kappa shape index (κ3) is 3.18. The second-order valence-corrected chi connectivity index (χ2v) is 3.14. The highest BCUT2D eigenvalue weighted by Gasteiger charge is 2.14. The molecule has 0 saturated carbocycles. The zero-order valence-electron chi connectivity index (χ0n) is 7.05. The van der Waals surface area contributed by atoms with E-state index in [1.165, 1.54) is 0 Å². The van der Waals surface area contributed by atoms with E-state index in [0.717, 1.165) is 26.1 Å². The van der Waals surface area contributed by atoms with Crippen molar-refractivity contribution < 1.29 is 9.84 Å². The van der Waals surface area contributed by atoms with E-state index < -0.39 is 0 Å². The van der Waals surface area contributed by atoms with Crippen LogP contribution in [0.4, 0.5) is 0 Å². The third-order valence-corrected chi connectivity index (χ3v) is 2.02. The maximum atomic E-state index is 8.77. The van der Waals surface area contributed by atoms with E-state index >= 15 is 0 Å². The highest BCUT2D eigenvalue weighted by molar-refractivity contribution is 4.73. The van der Waals surface area contributed by atoms with Crippen LogP contribution >= 0.6 is 0 Å². The van der Waals surface area contributed by atoms with Crippen molar-refractivity contribution in [2.75, 3.05) is 19.8 Å². The average Bonchev–Trinajstić information content (AvgIpc) is 2.06. The lowest BCUT2D eigenvalue weighted by Crippen LogP contribution is -2.41. The van der Waals surface area contributed by atoms with Crippen LogP contribution in [0.5, 0.6) is 0 Å². The van der Waals surface area contributed by atoms with Crippen LogP contribution in [0.2, 0.25) is 0 Å². The predicted molar refractivity (Wildman–Crippen MR) is 43.5 cm³/mol. The average molecular weight is 159 g/mol. The Bertz CT molecular complexity index is 102. The molecule has 0 amide bonds. The molecule has 0 aromatic heterocycles. The summed E-state index contributed by atoms with van der Waals surface area (Å²) in [5.41, 5.74) is 0. The summed E-state index contributed by atoms with van der Waals surface area (Å²) in [6.45, 7) is 3.93. The minimum absolute atomic E-state index is 0.220. The molecule has 3 heteroatoms. The number of aliphatic hydroxyl groups is 1. The summed E-state index contributed by atoms with van der Waals surface area (Å²) < 4.78 is 5.21. The molecule has 3 nitrogen and oxygen atoms in total. The Morgan fingerprint density at radius 3 is 2.73 bits per heavy atom. The molecule has 0 bridgehead atoms. The molecule has 1 aliphatic rings. The molecule has 0 spiro atoms. The first kappa shape index (κ1) is 8.97. The lowest BCUT2D eigenvalue weighted by Gasteiger charge is -2.25. The van der Waals surface area contributed by atoms with Gasteiger partial charge in [0.1, 0.15) is 0 Å². The van der Waals surface area contributed by atoms with Crippen LogP contribution in [0, 0.1) is 0 Å². The second-order valence-electron chi connectivity index (χ2n) is 3.14. The molecule has 66 valence electrons. The van der Waals surface area contributed by atoms with Gasteiger partial charge < -0.3 is 15.2 Å². The van der Waals surface area contributed by atoms with Crippen molar-refractivity contribution in [3.8, 4) is 0 Å². The number of rotatable bonds is 3. The van der Waals surface area contributed by atoms with Crippen LogP contribution < -0.4 is 5.32 Å². The van der Waals surface area contributed by atoms with Crippen LogP contribution in [0.25, 0.3) is 0 Å². The first-order chi connectivity index (χ1) is 5.33. The summed E-state index contributed by atoms with van der Waals surface area (Å²) in [6, 6.07) is 0.768. The SMILES string of the molecule is CC(CO)NC1CCOCC1. The molecule has 1 aliphatic heterocycles. The van der Waals surface area contributed by atoms with Crippen molar-refractivity contribution in [3.05, 3.63) is 0 Å². The normalized spacial score (nSPS) is 23.5. The molecule has 1 fully saturated rings. The first-order valence-electron chi connectivity index (χ1n) is 4.27. The van der Waals surface area contributed by atoms with E-state index in [4.69, 9.17) is 9.84 Å². The topological polar surface area (TPSA) is 41.5 Å². The van der Waals surface area contributed by atoms with Gasteiger partial charge in [-0.25, -0.2) is 0 Å². The van der Waals surface area contributed by atoms with Crippen LogP contribution in [-0.2, 0) is 4.74 Å². The third-order valence-electron chi connectivity index (χ3n) is 2.02. The van der Waals surface area contributed by atoms with Gasteiger partial charge in [-0.05, 0) is 19.8 Å².